The summed E-state index contributed by atoms with van der Waals surface area (Å²) in [6.45, 7) is 2.09. The molecule has 0 spiro atoms. The highest BCUT2D eigenvalue weighted by atomic mass is 32.1. The Morgan fingerprint density at radius 3 is 2.96 bits per heavy atom. The number of nitrogens with zero attached hydrogens (tertiary/aromatic N) is 1. The fourth-order valence-corrected chi connectivity index (χ4v) is 5.20. The maximum atomic E-state index is 12.7. The minimum atomic E-state index is -0.367. The number of nitrogens with one attached hydrogen (secondary N) is 2. The predicted octanol–water partition coefficient (Wildman–Crippen LogP) is 4.51. The van der Waals surface area contributed by atoms with Gasteiger partial charge in [-0.05, 0) is 55.7 Å². The molecule has 4 rings (SSSR count). The van der Waals surface area contributed by atoms with Crippen molar-refractivity contribution in [3.05, 3.63) is 45.3 Å². The number of hydrogen-bond donors (Lipinski definition) is 2. The van der Waals surface area contributed by atoms with Crippen LogP contribution in [0.25, 0.3) is 10.6 Å². The van der Waals surface area contributed by atoms with E-state index in [9.17, 15) is 9.59 Å². The Kier molecular flexibility index (Phi) is 5.09. The summed E-state index contributed by atoms with van der Waals surface area (Å²) >= 11 is 3.05. The lowest BCUT2D eigenvalue weighted by Gasteiger charge is -2.12. The number of esters is 1. The fraction of sp³-hybridized carbons (Fsp3) is 0.316. The van der Waals surface area contributed by atoms with E-state index in [1.165, 1.54) is 16.2 Å². The molecule has 3 aromatic heterocycles. The van der Waals surface area contributed by atoms with Gasteiger partial charge in [-0.15, -0.1) is 22.7 Å². The number of aromatic amines is 1. The summed E-state index contributed by atoms with van der Waals surface area (Å²) in [4.78, 5) is 27.4. The average molecular weight is 402 g/mol. The molecule has 0 bridgehead atoms. The van der Waals surface area contributed by atoms with Crippen molar-refractivity contribution in [2.24, 2.45) is 0 Å². The maximum Gasteiger partial charge on any atom is 0.341 e. The highest BCUT2D eigenvalue weighted by Gasteiger charge is 2.27. The zero-order valence-electron chi connectivity index (χ0n) is 14.8. The molecule has 27 heavy (non-hydrogen) atoms. The maximum absolute atomic E-state index is 12.7. The lowest BCUT2D eigenvalue weighted by Crippen LogP contribution is -2.16. The second-order valence-corrected chi connectivity index (χ2v) is 8.29. The molecule has 0 saturated carbocycles. The Morgan fingerprint density at radius 1 is 1.33 bits per heavy atom. The van der Waals surface area contributed by atoms with Gasteiger partial charge in [0, 0.05) is 4.88 Å². The van der Waals surface area contributed by atoms with Crippen LogP contribution in [0, 0.1) is 0 Å². The van der Waals surface area contributed by atoms with Crippen molar-refractivity contribution < 1.29 is 14.3 Å². The first-order chi connectivity index (χ1) is 13.2. The van der Waals surface area contributed by atoms with Gasteiger partial charge in [0.25, 0.3) is 5.91 Å². The quantitative estimate of drug-likeness (QED) is 0.616. The lowest BCUT2D eigenvalue weighted by atomic mass is 9.95. The third-order valence-corrected chi connectivity index (χ3v) is 6.59. The number of amides is 1. The molecule has 8 heteroatoms. The molecule has 1 amide bonds. The van der Waals surface area contributed by atoms with E-state index in [-0.39, 0.29) is 11.9 Å². The number of anilines is 1. The number of aryl methyl sites for hydroxylation is 1. The number of rotatable bonds is 5. The number of thiophene rings is 2. The first-order valence-corrected chi connectivity index (χ1v) is 10.6. The number of aromatic nitrogens is 2. The Bertz CT molecular complexity index is 973. The summed E-state index contributed by atoms with van der Waals surface area (Å²) in [5.41, 5.74) is 2.63. The average Bonchev–Trinajstić information content (AvgIpc) is 3.40. The number of ether oxygens (including phenoxy) is 1. The van der Waals surface area contributed by atoms with Gasteiger partial charge in [0.2, 0.25) is 0 Å². The van der Waals surface area contributed by atoms with E-state index in [1.807, 2.05) is 17.5 Å². The van der Waals surface area contributed by atoms with Crippen LogP contribution in [-0.4, -0.2) is 28.7 Å². The first-order valence-electron chi connectivity index (χ1n) is 8.89. The van der Waals surface area contributed by atoms with Crippen LogP contribution in [0.3, 0.4) is 0 Å². The van der Waals surface area contributed by atoms with E-state index in [0.717, 1.165) is 41.8 Å². The van der Waals surface area contributed by atoms with Gasteiger partial charge in [0.1, 0.15) is 5.00 Å². The Morgan fingerprint density at radius 2 is 2.19 bits per heavy atom. The third kappa shape index (κ3) is 3.54. The normalized spacial score (nSPS) is 13.2. The largest absolute Gasteiger partial charge is 0.462 e. The summed E-state index contributed by atoms with van der Waals surface area (Å²) in [6.07, 6.45) is 3.94. The molecule has 3 aromatic rings. The van der Waals surface area contributed by atoms with E-state index in [4.69, 9.17) is 4.74 Å². The molecule has 1 aliphatic carbocycles. The highest BCUT2D eigenvalue weighted by molar-refractivity contribution is 7.17. The van der Waals surface area contributed by atoms with Gasteiger partial charge in [0.05, 0.1) is 22.7 Å². The number of fused-ring (bicyclic) bond motifs is 1. The number of carbonyl (C=O) groups is 2. The summed E-state index contributed by atoms with van der Waals surface area (Å²) in [7, 11) is 0. The van der Waals surface area contributed by atoms with Crippen LogP contribution in [0.5, 0.6) is 0 Å². The van der Waals surface area contributed by atoms with Crippen LogP contribution in [0.4, 0.5) is 5.00 Å². The minimum Gasteiger partial charge on any atom is -0.462 e. The smallest absolute Gasteiger partial charge is 0.341 e. The van der Waals surface area contributed by atoms with E-state index < -0.39 is 0 Å². The lowest BCUT2D eigenvalue weighted by molar-refractivity contribution is 0.0526. The zero-order valence-corrected chi connectivity index (χ0v) is 16.5. The molecule has 140 valence electrons. The van der Waals surface area contributed by atoms with Crippen molar-refractivity contribution in [2.45, 2.75) is 32.6 Å². The number of carbonyl (C=O) groups excluding carboxylic acids is 2. The predicted molar refractivity (Wildman–Crippen MR) is 107 cm³/mol. The van der Waals surface area contributed by atoms with Gasteiger partial charge in [-0.25, -0.2) is 4.79 Å². The minimum absolute atomic E-state index is 0.291. The van der Waals surface area contributed by atoms with Crippen LogP contribution >= 0.6 is 22.7 Å². The van der Waals surface area contributed by atoms with Crippen LogP contribution in [0.1, 0.15) is 51.1 Å². The molecule has 0 aromatic carbocycles. The number of H-pyrrole nitrogens is 1. The van der Waals surface area contributed by atoms with Crippen molar-refractivity contribution in [3.8, 4) is 10.6 Å². The van der Waals surface area contributed by atoms with Gasteiger partial charge in [-0.1, -0.05) is 6.07 Å². The Hall–Kier alpha value is -2.45. The Balaban J connectivity index is 1.61. The molecule has 0 aliphatic heterocycles. The van der Waals surface area contributed by atoms with E-state index in [1.54, 1.807) is 24.3 Å². The molecule has 6 nitrogen and oxygen atoms in total. The van der Waals surface area contributed by atoms with Crippen molar-refractivity contribution in [3.63, 3.8) is 0 Å². The molecular formula is C19H19N3O3S2. The van der Waals surface area contributed by atoms with Crippen LogP contribution in [-0.2, 0) is 17.6 Å². The number of hydrogen-bond acceptors (Lipinski definition) is 6. The molecule has 3 heterocycles. The molecule has 0 fully saturated rings. The van der Waals surface area contributed by atoms with E-state index >= 15 is 0 Å². The molecule has 0 atom stereocenters. The van der Waals surface area contributed by atoms with Gasteiger partial charge in [-0.2, -0.15) is 5.10 Å². The van der Waals surface area contributed by atoms with Crippen LogP contribution in [0.15, 0.2) is 23.6 Å². The standard InChI is InChI=1S/C19H19N3O3S2/c1-2-25-19(24)16-11-6-3-4-7-14(11)27-18(16)20-17(23)13-10-12(21-22-13)15-8-5-9-26-15/h5,8-10H,2-4,6-7H2,1H3,(H,20,23)(H,21,22). The zero-order chi connectivity index (χ0) is 18.8. The van der Waals surface area contributed by atoms with Crippen molar-refractivity contribution >= 4 is 39.6 Å². The van der Waals surface area contributed by atoms with Gasteiger partial charge in [0.15, 0.2) is 5.69 Å². The van der Waals surface area contributed by atoms with Gasteiger partial charge >= 0.3 is 5.97 Å². The SMILES string of the molecule is CCOC(=O)c1c(NC(=O)c2cc(-c3cccs3)[nH]n2)sc2c1CCCC2. The summed E-state index contributed by atoms with van der Waals surface area (Å²) in [5.74, 6) is -0.702. The molecule has 0 unspecified atom stereocenters. The van der Waals surface area contributed by atoms with Crippen molar-refractivity contribution in [2.75, 3.05) is 11.9 Å². The summed E-state index contributed by atoms with van der Waals surface area (Å²) < 4.78 is 5.23. The monoisotopic (exact) mass is 401 g/mol. The Labute approximate surface area is 164 Å². The third-order valence-electron chi connectivity index (χ3n) is 4.48. The fourth-order valence-electron chi connectivity index (χ4n) is 3.24. The molecule has 0 radical (unpaired) electrons. The van der Waals surface area contributed by atoms with E-state index in [2.05, 4.69) is 15.5 Å². The molecule has 2 N–H and O–H groups in total. The first kappa shape index (κ1) is 17.9. The van der Waals surface area contributed by atoms with Crippen molar-refractivity contribution in [1.29, 1.82) is 0 Å². The van der Waals surface area contributed by atoms with E-state index in [0.29, 0.717) is 22.9 Å². The van der Waals surface area contributed by atoms with Crippen LogP contribution in [0.2, 0.25) is 0 Å². The van der Waals surface area contributed by atoms with Gasteiger partial charge in [-0.3, -0.25) is 9.89 Å². The van der Waals surface area contributed by atoms with Crippen LogP contribution < -0.4 is 5.32 Å². The second-order valence-electron chi connectivity index (χ2n) is 6.23. The highest BCUT2D eigenvalue weighted by Crippen LogP contribution is 2.38. The summed E-state index contributed by atoms with van der Waals surface area (Å²) in [6, 6.07) is 5.63. The molecule has 1 aliphatic rings. The summed E-state index contributed by atoms with van der Waals surface area (Å²) in [5, 5.41) is 12.4. The molecular weight excluding hydrogens is 382 g/mol. The van der Waals surface area contributed by atoms with Crippen molar-refractivity contribution in [1.82, 2.24) is 10.2 Å². The topological polar surface area (TPSA) is 84.1 Å². The van der Waals surface area contributed by atoms with Gasteiger partial charge < -0.3 is 10.1 Å². The molecule has 0 saturated heterocycles. The second kappa shape index (κ2) is 7.66.